The van der Waals surface area contributed by atoms with Crippen LogP contribution in [0, 0.1) is 6.92 Å². The number of hydrogen-bond acceptors (Lipinski definition) is 4. The number of para-hydroxylation sites is 1. The van der Waals surface area contributed by atoms with Gasteiger partial charge in [-0.3, -0.25) is 10.4 Å². The molecule has 0 amide bonds. The Morgan fingerprint density at radius 3 is 2.61 bits per heavy atom. The molecular weight excluding hydrogens is 350 g/mol. The van der Waals surface area contributed by atoms with Gasteiger partial charge in [0.1, 0.15) is 5.75 Å². The van der Waals surface area contributed by atoms with E-state index in [1.807, 2.05) is 67.6 Å². The fraction of sp³-hybridized carbons (Fsp3) is 0.0455. The molecular formula is C22H18N5O+. The van der Waals surface area contributed by atoms with Crippen molar-refractivity contribution in [1.29, 1.82) is 0 Å². The molecule has 28 heavy (non-hydrogen) atoms. The monoisotopic (exact) mass is 368 g/mol. The standard InChI is InChI=1S/C22H17N5O/c1-14-12-20(27-26-14)24-21-18-8-4-5-9-19(18)23-22(25-21)28-17-11-10-15-6-2-3-7-16(15)13-17/h2-13H,1H3,(H2,23,24,25,26,27)/p+1. The lowest BCUT2D eigenvalue weighted by Crippen LogP contribution is -2.15. The van der Waals surface area contributed by atoms with Crippen molar-refractivity contribution in [3.8, 4) is 11.8 Å². The van der Waals surface area contributed by atoms with E-state index >= 15 is 0 Å². The number of aromatic amines is 2. The molecule has 0 unspecified atom stereocenters. The molecule has 0 bridgehead atoms. The Morgan fingerprint density at radius 2 is 1.75 bits per heavy atom. The lowest BCUT2D eigenvalue weighted by molar-refractivity contribution is -0.377. The fourth-order valence-electron chi connectivity index (χ4n) is 3.19. The van der Waals surface area contributed by atoms with Gasteiger partial charge in [-0.05, 0) is 42.0 Å². The highest BCUT2D eigenvalue weighted by Gasteiger charge is 2.16. The van der Waals surface area contributed by atoms with Gasteiger partial charge in [-0.25, -0.2) is 4.98 Å². The number of ether oxygens (including phenoxy) is 1. The minimum atomic E-state index is 0.406. The van der Waals surface area contributed by atoms with E-state index in [2.05, 4.69) is 37.6 Å². The van der Waals surface area contributed by atoms with Crippen molar-refractivity contribution in [3.63, 3.8) is 0 Å². The normalized spacial score (nSPS) is 11.0. The SMILES string of the molecule is Cc1cc(Nc2[nH+]c(Oc3ccc4ccccc4c3)nc3ccccc23)n[nH]1. The zero-order valence-corrected chi connectivity index (χ0v) is 15.2. The van der Waals surface area contributed by atoms with Crippen LogP contribution >= 0.6 is 0 Å². The second kappa shape index (κ2) is 6.66. The number of anilines is 2. The third-order valence-electron chi connectivity index (χ3n) is 4.52. The minimum Gasteiger partial charge on any atom is -0.402 e. The Kier molecular flexibility index (Phi) is 3.87. The van der Waals surface area contributed by atoms with Crippen molar-refractivity contribution in [2.45, 2.75) is 6.92 Å². The van der Waals surface area contributed by atoms with Crippen LogP contribution in [0.2, 0.25) is 0 Å². The Labute approximate surface area is 161 Å². The van der Waals surface area contributed by atoms with Gasteiger partial charge in [0.25, 0.3) is 0 Å². The van der Waals surface area contributed by atoms with Crippen LogP contribution in [0.3, 0.4) is 0 Å². The van der Waals surface area contributed by atoms with Crippen molar-refractivity contribution >= 4 is 33.3 Å². The number of aromatic nitrogens is 4. The summed E-state index contributed by atoms with van der Waals surface area (Å²) in [7, 11) is 0. The van der Waals surface area contributed by atoms with Gasteiger partial charge in [-0.1, -0.05) is 47.4 Å². The average molecular weight is 368 g/mol. The molecule has 0 aliphatic rings. The summed E-state index contributed by atoms with van der Waals surface area (Å²) in [5.74, 6) is 2.22. The number of H-pyrrole nitrogens is 2. The number of aryl methyl sites for hydroxylation is 1. The highest BCUT2D eigenvalue weighted by atomic mass is 16.5. The Bertz CT molecular complexity index is 1290. The number of nitrogens with one attached hydrogen (secondary N) is 3. The number of benzene rings is 3. The van der Waals surface area contributed by atoms with E-state index in [9.17, 15) is 0 Å². The van der Waals surface area contributed by atoms with Gasteiger partial charge in [0.15, 0.2) is 5.52 Å². The molecule has 6 nitrogen and oxygen atoms in total. The van der Waals surface area contributed by atoms with E-state index in [1.165, 1.54) is 5.39 Å². The second-order valence-corrected chi connectivity index (χ2v) is 6.61. The van der Waals surface area contributed by atoms with Crippen LogP contribution in [-0.2, 0) is 0 Å². The van der Waals surface area contributed by atoms with Crippen molar-refractivity contribution in [3.05, 3.63) is 78.5 Å². The quantitative estimate of drug-likeness (QED) is 0.479. The van der Waals surface area contributed by atoms with E-state index in [1.54, 1.807) is 0 Å². The molecule has 136 valence electrons. The van der Waals surface area contributed by atoms with Crippen LogP contribution in [-0.4, -0.2) is 15.2 Å². The smallest absolute Gasteiger partial charge is 0.402 e. The van der Waals surface area contributed by atoms with Crippen LogP contribution in [0.25, 0.3) is 21.7 Å². The largest absolute Gasteiger partial charge is 0.437 e. The topological polar surface area (TPSA) is 77.0 Å². The molecule has 0 saturated carbocycles. The number of hydrogen-bond donors (Lipinski definition) is 2. The molecule has 0 saturated heterocycles. The van der Waals surface area contributed by atoms with Crippen molar-refractivity contribution < 1.29 is 9.72 Å². The molecule has 0 radical (unpaired) electrons. The predicted molar refractivity (Wildman–Crippen MR) is 109 cm³/mol. The summed E-state index contributed by atoms with van der Waals surface area (Å²) < 4.78 is 6.04. The molecule has 2 aromatic heterocycles. The van der Waals surface area contributed by atoms with E-state index in [4.69, 9.17) is 4.74 Å². The average Bonchev–Trinajstić information content (AvgIpc) is 3.12. The summed E-state index contributed by atoms with van der Waals surface area (Å²) >= 11 is 0. The van der Waals surface area contributed by atoms with Gasteiger partial charge < -0.3 is 4.74 Å². The first-order valence-electron chi connectivity index (χ1n) is 9.02. The van der Waals surface area contributed by atoms with Crippen LogP contribution in [0.15, 0.2) is 72.8 Å². The molecule has 3 aromatic carbocycles. The van der Waals surface area contributed by atoms with Crippen LogP contribution < -0.4 is 15.0 Å². The maximum atomic E-state index is 6.04. The number of nitrogens with zero attached hydrogens (tertiary/aromatic N) is 2. The van der Waals surface area contributed by atoms with Gasteiger partial charge in [0, 0.05) is 11.8 Å². The van der Waals surface area contributed by atoms with E-state index < -0.39 is 0 Å². The molecule has 3 N–H and O–H groups in total. The lowest BCUT2D eigenvalue weighted by Gasteiger charge is -2.06. The first kappa shape index (κ1) is 16.3. The summed E-state index contributed by atoms with van der Waals surface area (Å²) in [6.07, 6.45) is 0. The summed E-state index contributed by atoms with van der Waals surface area (Å²) in [5, 5.41) is 13.7. The van der Waals surface area contributed by atoms with Crippen LogP contribution in [0.1, 0.15) is 5.69 Å². The first-order chi connectivity index (χ1) is 13.7. The Morgan fingerprint density at radius 1 is 0.929 bits per heavy atom. The third kappa shape index (κ3) is 3.12. The fourth-order valence-corrected chi connectivity index (χ4v) is 3.19. The lowest BCUT2D eigenvalue weighted by atomic mass is 10.1. The van der Waals surface area contributed by atoms with Crippen molar-refractivity contribution in [2.24, 2.45) is 0 Å². The van der Waals surface area contributed by atoms with Gasteiger partial charge in [-0.15, -0.1) is 5.10 Å². The minimum absolute atomic E-state index is 0.406. The molecule has 0 atom stereocenters. The number of rotatable bonds is 4. The highest BCUT2D eigenvalue weighted by molar-refractivity contribution is 5.89. The molecule has 6 heteroatoms. The Balaban J connectivity index is 1.54. The molecule has 0 aliphatic heterocycles. The maximum absolute atomic E-state index is 6.04. The molecule has 5 rings (SSSR count). The van der Waals surface area contributed by atoms with E-state index in [0.717, 1.165) is 39.4 Å². The van der Waals surface area contributed by atoms with Gasteiger partial charge >= 0.3 is 6.01 Å². The molecule has 5 aromatic rings. The highest BCUT2D eigenvalue weighted by Crippen LogP contribution is 2.26. The first-order valence-corrected chi connectivity index (χ1v) is 9.02. The Hall–Kier alpha value is -3.93. The van der Waals surface area contributed by atoms with E-state index in [-0.39, 0.29) is 0 Å². The zero-order valence-electron chi connectivity index (χ0n) is 15.2. The molecule has 2 heterocycles. The summed E-state index contributed by atoms with van der Waals surface area (Å²) in [4.78, 5) is 7.86. The van der Waals surface area contributed by atoms with E-state index in [0.29, 0.717) is 6.01 Å². The predicted octanol–water partition coefficient (Wildman–Crippen LogP) is 4.77. The van der Waals surface area contributed by atoms with Gasteiger partial charge in [0.05, 0.1) is 5.39 Å². The number of fused-ring (bicyclic) bond motifs is 2. The summed E-state index contributed by atoms with van der Waals surface area (Å²) in [6.45, 7) is 1.96. The third-order valence-corrected chi connectivity index (χ3v) is 4.52. The molecule has 0 fully saturated rings. The zero-order chi connectivity index (χ0) is 18.9. The molecule has 0 aliphatic carbocycles. The van der Waals surface area contributed by atoms with Gasteiger partial charge in [-0.2, -0.15) is 0 Å². The summed E-state index contributed by atoms with van der Waals surface area (Å²) in [5.41, 5.74) is 1.81. The van der Waals surface area contributed by atoms with Gasteiger partial charge in [0.2, 0.25) is 11.6 Å². The van der Waals surface area contributed by atoms with Crippen LogP contribution in [0.4, 0.5) is 11.6 Å². The van der Waals surface area contributed by atoms with Crippen molar-refractivity contribution in [2.75, 3.05) is 5.32 Å². The molecule has 0 spiro atoms. The van der Waals surface area contributed by atoms with Crippen molar-refractivity contribution in [1.82, 2.24) is 15.2 Å². The van der Waals surface area contributed by atoms with Crippen LogP contribution in [0.5, 0.6) is 11.8 Å². The maximum Gasteiger partial charge on any atom is 0.437 e. The second-order valence-electron chi connectivity index (χ2n) is 6.61. The summed E-state index contributed by atoms with van der Waals surface area (Å²) in [6, 6.07) is 24.4.